The summed E-state index contributed by atoms with van der Waals surface area (Å²) in [4.78, 5) is 13.0. The second-order valence-electron chi connectivity index (χ2n) is 9.79. The second kappa shape index (κ2) is 11.3. The van der Waals surface area contributed by atoms with Crippen molar-refractivity contribution in [3.05, 3.63) is 102 Å². The summed E-state index contributed by atoms with van der Waals surface area (Å²) in [5.41, 5.74) is 4.87. The predicted molar refractivity (Wildman–Crippen MR) is 144 cm³/mol. The van der Waals surface area contributed by atoms with Crippen LogP contribution in [0.2, 0.25) is 0 Å². The summed E-state index contributed by atoms with van der Waals surface area (Å²) in [5, 5.41) is 4.35. The van der Waals surface area contributed by atoms with E-state index in [1.807, 2.05) is 18.2 Å². The Balaban J connectivity index is 1.72. The van der Waals surface area contributed by atoms with E-state index < -0.39 is 0 Å². The Morgan fingerprint density at radius 3 is 2.29 bits per heavy atom. The number of benzene rings is 3. The van der Waals surface area contributed by atoms with Gasteiger partial charge in [0.25, 0.3) is 0 Å². The van der Waals surface area contributed by atoms with Crippen LogP contribution < -0.4 is 10.1 Å². The number of ether oxygens (including phenoxy) is 1. The van der Waals surface area contributed by atoms with Gasteiger partial charge in [0.2, 0.25) is 5.91 Å². The molecule has 0 saturated carbocycles. The normalized spacial score (nSPS) is 13.1. The molecule has 0 saturated heterocycles. The van der Waals surface area contributed by atoms with E-state index in [0.29, 0.717) is 18.9 Å². The molecule has 4 nitrogen and oxygen atoms in total. The van der Waals surface area contributed by atoms with Crippen LogP contribution in [0.25, 0.3) is 10.9 Å². The van der Waals surface area contributed by atoms with Crippen molar-refractivity contribution in [2.45, 2.75) is 45.6 Å². The fourth-order valence-corrected chi connectivity index (χ4v) is 4.76. The standard InChI is InChI=1S/C31H36N2O2/c1-22(2)19-32-31(34)18-28(23(3)25-10-6-5-7-11-25)29-21-33(30-13-9-8-12-27(29)30)20-24-14-16-26(35-4)17-15-24/h5-17,21-23,28H,18-20H2,1-4H3,(H,32,34)/t23-,28-/m0/s1. The number of rotatable bonds is 10. The molecule has 0 fully saturated rings. The SMILES string of the molecule is COc1ccc(Cn2cc([C@@H](CC(=O)NCC(C)C)[C@@H](C)c3ccccc3)c3ccccc32)cc1. The number of carbonyl (C=O) groups excluding carboxylic acids is 1. The van der Waals surface area contributed by atoms with E-state index in [9.17, 15) is 4.79 Å². The molecule has 0 aliphatic rings. The average molecular weight is 469 g/mol. The summed E-state index contributed by atoms with van der Waals surface area (Å²) < 4.78 is 7.63. The molecule has 0 aliphatic heterocycles. The van der Waals surface area contributed by atoms with Gasteiger partial charge in [0.05, 0.1) is 7.11 Å². The van der Waals surface area contributed by atoms with Gasteiger partial charge in [-0.05, 0) is 46.7 Å². The number of hydrogen-bond donors (Lipinski definition) is 1. The first kappa shape index (κ1) is 24.6. The lowest BCUT2D eigenvalue weighted by molar-refractivity contribution is -0.121. The van der Waals surface area contributed by atoms with Crippen molar-refractivity contribution in [2.75, 3.05) is 13.7 Å². The quantitative estimate of drug-likeness (QED) is 0.280. The van der Waals surface area contributed by atoms with Crippen molar-refractivity contribution in [1.29, 1.82) is 0 Å². The van der Waals surface area contributed by atoms with Crippen molar-refractivity contribution in [1.82, 2.24) is 9.88 Å². The Kier molecular flexibility index (Phi) is 7.91. The molecule has 1 amide bonds. The van der Waals surface area contributed by atoms with E-state index in [1.54, 1.807) is 7.11 Å². The number of hydrogen-bond acceptors (Lipinski definition) is 2. The Morgan fingerprint density at radius 1 is 0.914 bits per heavy atom. The molecule has 0 aliphatic carbocycles. The number of aromatic nitrogens is 1. The fourth-order valence-electron chi connectivity index (χ4n) is 4.76. The summed E-state index contributed by atoms with van der Waals surface area (Å²) in [5.74, 6) is 1.65. The van der Waals surface area contributed by atoms with Crippen LogP contribution in [-0.4, -0.2) is 24.1 Å². The zero-order valence-corrected chi connectivity index (χ0v) is 21.2. The van der Waals surface area contributed by atoms with Crippen LogP contribution in [0.4, 0.5) is 0 Å². The first-order valence-corrected chi connectivity index (χ1v) is 12.5. The van der Waals surface area contributed by atoms with Gasteiger partial charge in [-0.25, -0.2) is 0 Å². The van der Waals surface area contributed by atoms with Gasteiger partial charge < -0.3 is 14.6 Å². The largest absolute Gasteiger partial charge is 0.497 e. The highest BCUT2D eigenvalue weighted by molar-refractivity contribution is 5.86. The third-order valence-corrected chi connectivity index (χ3v) is 6.77. The van der Waals surface area contributed by atoms with E-state index in [-0.39, 0.29) is 17.7 Å². The van der Waals surface area contributed by atoms with Crippen molar-refractivity contribution >= 4 is 16.8 Å². The van der Waals surface area contributed by atoms with Gasteiger partial charge in [0.15, 0.2) is 0 Å². The van der Waals surface area contributed by atoms with Gasteiger partial charge in [0, 0.05) is 42.5 Å². The lowest BCUT2D eigenvalue weighted by Crippen LogP contribution is -2.29. The van der Waals surface area contributed by atoms with Gasteiger partial charge in [0.1, 0.15) is 5.75 Å². The molecule has 0 radical (unpaired) electrons. The van der Waals surface area contributed by atoms with Gasteiger partial charge in [-0.2, -0.15) is 0 Å². The second-order valence-corrected chi connectivity index (χ2v) is 9.79. The van der Waals surface area contributed by atoms with E-state index in [4.69, 9.17) is 4.74 Å². The minimum absolute atomic E-state index is 0.0616. The van der Waals surface area contributed by atoms with Crippen LogP contribution in [0.3, 0.4) is 0 Å². The van der Waals surface area contributed by atoms with E-state index in [0.717, 1.165) is 12.3 Å². The Bertz CT molecular complexity index is 1240. The van der Waals surface area contributed by atoms with Gasteiger partial charge in [-0.1, -0.05) is 81.4 Å². The Labute approximate surface area is 208 Å². The number of nitrogens with zero attached hydrogens (tertiary/aromatic N) is 1. The highest BCUT2D eigenvalue weighted by Gasteiger charge is 2.27. The maximum atomic E-state index is 13.0. The molecule has 0 unspecified atom stereocenters. The smallest absolute Gasteiger partial charge is 0.220 e. The van der Waals surface area contributed by atoms with Crippen LogP contribution in [0.1, 0.15) is 55.7 Å². The monoisotopic (exact) mass is 468 g/mol. The van der Waals surface area contributed by atoms with E-state index in [2.05, 4.69) is 97.5 Å². The average Bonchev–Trinajstić information content (AvgIpc) is 3.24. The van der Waals surface area contributed by atoms with Crippen LogP contribution in [0.15, 0.2) is 85.1 Å². The number of amides is 1. The molecule has 182 valence electrons. The molecule has 1 N–H and O–H groups in total. The summed E-state index contributed by atoms with van der Waals surface area (Å²) in [6.45, 7) is 7.95. The number of methoxy groups -OCH3 is 1. The molecule has 4 aromatic rings. The van der Waals surface area contributed by atoms with Crippen LogP contribution in [-0.2, 0) is 11.3 Å². The van der Waals surface area contributed by atoms with Crippen LogP contribution in [0, 0.1) is 5.92 Å². The molecule has 1 aromatic heterocycles. The number of fused-ring (bicyclic) bond motifs is 1. The third-order valence-electron chi connectivity index (χ3n) is 6.77. The summed E-state index contributed by atoms with van der Waals surface area (Å²) in [7, 11) is 1.69. The van der Waals surface area contributed by atoms with Crippen molar-refractivity contribution < 1.29 is 9.53 Å². The first-order valence-electron chi connectivity index (χ1n) is 12.5. The maximum absolute atomic E-state index is 13.0. The zero-order chi connectivity index (χ0) is 24.8. The molecule has 35 heavy (non-hydrogen) atoms. The van der Waals surface area contributed by atoms with Crippen molar-refractivity contribution in [3.63, 3.8) is 0 Å². The molecule has 2 atom stereocenters. The van der Waals surface area contributed by atoms with Crippen molar-refractivity contribution in [3.8, 4) is 5.75 Å². The highest BCUT2D eigenvalue weighted by Crippen LogP contribution is 2.40. The summed E-state index contributed by atoms with van der Waals surface area (Å²) in [6, 6.07) is 27.3. The van der Waals surface area contributed by atoms with Gasteiger partial charge >= 0.3 is 0 Å². The molecule has 0 spiro atoms. The molecule has 4 rings (SSSR count). The van der Waals surface area contributed by atoms with Crippen molar-refractivity contribution in [2.24, 2.45) is 5.92 Å². The Morgan fingerprint density at radius 2 is 1.60 bits per heavy atom. The van der Waals surface area contributed by atoms with E-state index in [1.165, 1.54) is 27.6 Å². The lowest BCUT2D eigenvalue weighted by atomic mass is 9.80. The maximum Gasteiger partial charge on any atom is 0.220 e. The molecular weight excluding hydrogens is 432 g/mol. The zero-order valence-electron chi connectivity index (χ0n) is 21.2. The molecule has 0 bridgehead atoms. The van der Waals surface area contributed by atoms with E-state index >= 15 is 0 Å². The molecule has 3 aromatic carbocycles. The Hall–Kier alpha value is -3.53. The predicted octanol–water partition coefficient (Wildman–Crippen LogP) is 6.75. The number of carbonyl (C=O) groups is 1. The van der Waals surface area contributed by atoms with Gasteiger partial charge in [-0.15, -0.1) is 0 Å². The summed E-state index contributed by atoms with van der Waals surface area (Å²) >= 11 is 0. The summed E-state index contributed by atoms with van der Waals surface area (Å²) in [6.07, 6.45) is 2.72. The molecule has 4 heteroatoms. The topological polar surface area (TPSA) is 43.3 Å². The number of nitrogens with one attached hydrogen (secondary N) is 1. The molecule has 1 heterocycles. The van der Waals surface area contributed by atoms with Crippen LogP contribution in [0.5, 0.6) is 5.75 Å². The fraction of sp³-hybridized carbons (Fsp3) is 0.323. The third kappa shape index (κ3) is 5.94. The highest BCUT2D eigenvalue weighted by atomic mass is 16.5. The lowest BCUT2D eigenvalue weighted by Gasteiger charge is -2.24. The molecular formula is C31H36N2O2. The van der Waals surface area contributed by atoms with Crippen LogP contribution >= 0.6 is 0 Å². The minimum Gasteiger partial charge on any atom is -0.497 e. The van der Waals surface area contributed by atoms with Gasteiger partial charge in [-0.3, -0.25) is 4.79 Å². The number of para-hydroxylation sites is 1. The minimum atomic E-state index is 0.0616. The first-order chi connectivity index (χ1) is 17.0.